The molecule has 13 rings (SSSR count). The Balaban J connectivity index is 1.10. The lowest BCUT2D eigenvalue weighted by Crippen LogP contribution is -2.18. The summed E-state index contributed by atoms with van der Waals surface area (Å²) in [5.74, 6) is 0. The largest absolute Gasteiger partial charge is 0.456 e. The Kier molecular flexibility index (Phi) is 7.42. The van der Waals surface area contributed by atoms with Gasteiger partial charge in [-0.25, -0.2) is 0 Å². The molecular weight excluding hydrogens is 767 g/mol. The zero-order valence-electron chi connectivity index (χ0n) is 35.7. The Labute approximate surface area is 366 Å². The van der Waals surface area contributed by atoms with Gasteiger partial charge in [0, 0.05) is 43.7 Å². The summed E-state index contributed by atoms with van der Waals surface area (Å²) >= 11 is 0. The summed E-state index contributed by atoms with van der Waals surface area (Å²) in [4.78, 5) is 2.44. The summed E-state index contributed by atoms with van der Waals surface area (Å²) in [5, 5.41) is 4.28. The molecule has 0 saturated carbocycles. The van der Waals surface area contributed by atoms with Crippen LogP contribution in [0.25, 0.3) is 88.4 Å². The number of nitrogens with zero attached hydrogens (tertiary/aromatic N) is 1. The lowest BCUT2D eigenvalue weighted by molar-refractivity contribution is 0.659. The molecule has 3 heteroatoms. The number of furan rings is 2. The molecule has 0 atom stereocenters. The van der Waals surface area contributed by atoms with Gasteiger partial charge in [-0.3, -0.25) is 0 Å². The third-order valence-corrected chi connectivity index (χ3v) is 14.3. The van der Waals surface area contributed by atoms with Crippen molar-refractivity contribution in [3.8, 4) is 44.5 Å². The average molecular weight is 810 g/mol. The van der Waals surface area contributed by atoms with Gasteiger partial charge in [0.25, 0.3) is 0 Å². The second-order valence-corrected chi connectivity index (χ2v) is 18.4. The highest BCUT2D eigenvalue weighted by Gasteiger charge is 2.38. The van der Waals surface area contributed by atoms with E-state index in [0.29, 0.717) is 0 Å². The van der Waals surface area contributed by atoms with Crippen LogP contribution in [-0.2, 0) is 10.8 Å². The van der Waals surface area contributed by atoms with Crippen molar-refractivity contribution in [2.75, 3.05) is 4.90 Å². The van der Waals surface area contributed by atoms with E-state index in [0.717, 1.165) is 72.1 Å². The van der Waals surface area contributed by atoms with Crippen LogP contribution in [0, 0.1) is 0 Å². The molecule has 0 radical (unpaired) electrons. The van der Waals surface area contributed by atoms with E-state index in [4.69, 9.17) is 8.83 Å². The fourth-order valence-corrected chi connectivity index (χ4v) is 11.1. The first-order chi connectivity index (χ1) is 30.8. The van der Waals surface area contributed by atoms with Crippen molar-refractivity contribution in [3.05, 3.63) is 210 Å². The molecule has 9 aromatic carbocycles. The molecule has 0 unspecified atom stereocenters. The van der Waals surface area contributed by atoms with Crippen molar-refractivity contribution < 1.29 is 8.83 Å². The maximum atomic E-state index is 7.27. The molecule has 2 aromatic heterocycles. The Hall–Kier alpha value is -7.62. The Morgan fingerprint density at radius 2 is 0.857 bits per heavy atom. The molecule has 0 spiro atoms. The topological polar surface area (TPSA) is 29.5 Å². The van der Waals surface area contributed by atoms with E-state index in [1.807, 2.05) is 6.07 Å². The van der Waals surface area contributed by atoms with E-state index in [1.54, 1.807) is 0 Å². The normalized spacial score (nSPS) is 14.3. The fourth-order valence-electron chi connectivity index (χ4n) is 11.1. The molecule has 300 valence electrons. The Morgan fingerprint density at radius 3 is 1.51 bits per heavy atom. The number of benzene rings is 9. The van der Waals surface area contributed by atoms with Gasteiger partial charge < -0.3 is 13.7 Å². The zero-order chi connectivity index (χ0) is 42.2. The molecule has 3 nitrogen and oxygen atoms in total. The summed E-state index contributed by atoms with van der Waals surface area (Å²) in [6, 6.07) is 68.5. The lowest BCUT2D eigenvalue weighted by atomic mass is 9.82. The van der Waals surface area contributed by atoms with Crippen LogP contribution in [0.4, 0.5) is 17.1 Å². The van der Waals surface area contributed by atoms with Gasteiger partial charge in [0.2, 0.25) is 0 Å². The van der Waals surface area contributed by atoms with E-state index in [2.05, 4.69) is 215 Å². The highest BCUT2D eigenvalue weighted by atomic mass is 16.3. The molecule has 2 heterocycles. The summed E-state index contributed by atoms with van der Waals surface area (Å²) in [6.45, 7) is 9.43. The molecule has 0 fully saturated rings. The summed E-state index contributed by atoms with van der Waals surface area (Å²) in [5.41, 5.74) is 21.4. The van der Waals surface area contributed by atoms with E-state index < -0.39 is 0 Å². The predicted molar refractivity (Wildman–Crippen MR) is 262 cm³/mol. The van der Waals surface area contributed by atoms with E-state index in [9.17, 15) is 0 Å². The van der Waals surface area contributed by atoms with Crippen LogP contribution in [0.1, 0.15) is 49.9 Å². The first kappa shape index (κ1) is 36.1. The smallest absolute Gasteiger partial charge is 0.160 e. The number of hydrogen-bond donors (Lipinski definition) is 0. The highest BCUT2D eigenvalue weighted by molar-refractivity contribution is 6.29. The van der Waals surface area contributed by atoms with Gasteiger partial charge in [-0.15, -0.1) is 0 Å². The van der Waals surface area contributed by atoms with Gasteiger partial charge in [-0.2, -0.15) is 0 Å². The second-order valence-electron chi connectivity index (χ2n) is 18.4. The van der Waals surface area contributed by atoms with Gasteiger partial charge in [0.15, 0.2) is 5.58 Å². The van der Waals surface area contributed by atoms with Gasteiger partial charge in [0.1, 0.15) is 16.7 Å². The molecule has 2 aliphatic carbocycles. The van der Waals surface area contributed by atoms with Crippen LogP contribution in [0.5, 0.6) is 0 Å². The van der Waals surface area contributed by atoms with Crippen molar-refractivity contribution in [1.29, 1.82) is 0 Å². The second kappa shape index (κ2) is 13.0. The SMILES string of the molecule is CC1(C)c2ccccc2-c2ccc(N(c3ccc4c(c3)C(C)(C)c3ccccc3-4)c3ccc(-c4ccc(-c5ccccc5)cc4)c4c3oc3ccc5oc6ccccc6c5c34)cc21. The Bertz CT molecular complexity index is 3570. The van der Waals surface area contributed by atoms with E-state index in [1.165, 1.54) is 55.6 Å². The number of anilines is 3. The standard InChI is InChI=1S/C60H43NO2/c1-59(2)47-19-11-8-16-42(47)44-28-26-39(34-49(44)59)61(40-27-29-45-43-17-9-12-20-48(43)60(3,4)50(45)35-40)51-31-30-41(38-24-22-37(23-25-38)36-14-6-5-7-15-36)56-57-54(63-58(51)56)33-32-53-55(57)46-18-10-13-21-52(46)62-53/h5-35H,1-4H3. The van der Waals surface area contributed by atoms with Crippen LogP contribution < -0.4 is 4.90 Å². The third kappa shape index (κ3) is 5.08. The summed E-state index contributed by atoms with van der Waals surface area (Å²) in [7, 11) is 0. The van der Waals surface area contributed by atoms with Crippen LogP contribution in [-0.4, -0.2) is 0 Å². The number of para-hydroxylation sites is 1. The molecule has 11 aromatic rings. The van der Waals surface area contributed by atoms with Crippen molar-refractivity contribution in [3.63, 3.8) is 0 Å². The maximum Gasteiger partial charge on any atom is 0.160 e. The lowest BCUT2D eigenvalue weighted by Gasteiger charge is -2.30. The summed E-state index contributed by atoms with van der Waals surface area (Å²) < 4.78 is 13.8. The van der Waals surface area contributed by atoms with E-state index >= 15 is 0 Å². The van der Waals surface area contributed by atoms with Crippen molar-refractivity contribution in [2.24, 2.45) is 0 Å². The molecule has 0 saturated heterocycles. The van der Waals surface area contributed by atoms with Gasteiger partial charge in [-0.05, 0) is 115 Å². The minimum atomic E-state index is -0.173. The minimum Gasteiger partial charge on any atom is -0.456 e. The predicted octanol–water partition coefficient (Wildman–Crippen LogP) is 16.9. The first-order valence-electron chi connectivity index (χ1n) is 22.0. The van der Waals surface area contributed by atoms with Crippen molar-refractivity contribution in [1.82, 2.24) is 0 Å². The molecule has 0 N–H and O–H groups in total. The monoisotopic (exact) mass is 809 g/mol. The van der Waals surface area contributed by atoms with Gasteiger partial charge in [0.05, 0.1) is 5.69 Å². The van der Waals surface area contributed by atoms with Crippen molar-refractivity contribution >= 4 is 60.9 Å². The van der Waals surface area contributed by atoms with Gasteiger partial charge in [-0.1, -0.05) is 167 Å². The molecule has 0 aliphatic heterocycles. The molecule has 0 bridgehead atoms. The third-order valence-electron chi connectivity index (χ3n) is 14.3. The van der Waals surface area contributed by atoms with Crippen LogP contribution in [0.2, 0.25) is 0 Å². The number of fused-ring (bicyclic) bond motifs is 13. The fraction of sp³-hybridized carbons (Fsp3) is 0.100. The molecule has 0 amide bonds. The van der Waals surface area contributed by atoms with Crippen LogP contribution in [0.3, 0.4) is 0 Å². The minimum absolute atomic E-state index is 0.173. The highest BCUT2D eigenvalue weighted by Crippen LogP contribution is 2.55. The maximum absolute atomic E-state index is 7.27. The number of hydrogen-bond acceptors (Lipinski definition) is 3. The van der Waals surface area contributed by atoms with Crippen LogP contribution in [0.15, 0.2) is 197 Å². The number of rotatable bonds is 5. The zero-order valence-corrected chi connectivity index (χ0v) is 35.7. The van der Waals surface area contributed by atoms with E-state index in [-0.39, 0.29) is 10.8 Å². The quantitative estimate of drug-likeness (QED) is 0.173. The molecule has 2 aliphatic rings. The van der Waals surface area contributed by atoms with Gasteiger partial charge >= 0.3 is 0 Å². The summed E-state index contributed by atoms with van der Waals surface area (Å²) in [6.07, 6.45) is 0. The van der Waals surface area contributed by atoms with Crippen molar-refractivity contribution in [2.45, 2.75) is 38.5 Å². The molecule has 63 heavy (non-hydrogen) atoms. The molecular formula is C60H43NO2. The Morgan fingerprint density at radius 1 is 0.349 bits per heavy atom. The van der Waals surface area contributed by atoms with Crippen LogP contribution >= 0.6 is 0 Å². The average Bonchev–Trinajstić information content (AvgIpc) is 4.03. The first-order valence-corrected chi connectivity index (χ1v) is 22.0.